The number of aryl methyl sites for hydroxylation is 1. The summed E-state index contributed by atoms with van der Waals surface area (Å²) < 4.78 is 2.02. The molecule has 1 aromatic rings. The van der Waals surface area contributed by atoms with Crippen molar-refractivity contribution in [1.29, 1.82) is 0 Å². The Balaban J connectivity index is 2.61. The average molecular weight is 169 g/mol. The van der Waals surface area contributed by atoms with Gasteiger partial charge in [0, 0.05) is 31.4 Å². The fraction of sp³-hybridized carbons (Fsp3) is 0.625. The van der Waals surface area contributed by atoms with Gasteiger partial charge in [0.25, 0.3) is 0 Å². The predicted molar refractivity (Wildman–Crippen MR) is 46.7 cm³/mol. The van der Waals surface area contributed by atoms with Gasteiger partial charge in [0.05, 0.1) is 6.61 Å². The van der Waals surface area contributed by atoms with Crippen molar-refractivity contribution in [3.8, 4) is 0 Å². The van der Waals surface area contributed by atoms with Crippen LogP contribution < -0.4 is 5.73 Å². The molecule has 0 aliphatic rings. The van der Waals surface area contributed by atoms with Crippen LogP contribution >= 0.6 is 0 Å². The zero-order valence-corrected chi connectivity index (χ0v) is 7.27. The first kappa shape index (κ1) is 9.22. The monoisotopic (exact) mass is 169 g/mol. The normalized spacial score (nSPS) is 13.2. The molecule has 0 aliphatic heterocycles. The Labute approximate surface area is 72.0 Å². The molecule has 0 bridgehead atoms. The summed E-state index contributed by atoms with van der Waals surface area (Å²) in [6, 6.07) is -0.197. The molecule has 4 heteroatoms. The van der Waals surface area contributed by atoms with Gasteiger partial charge in [-0.2, -0.15) is 0 Å². The van der Waals surface area contributed by atoms with Crippen LogP contribution in [0.15, 0.2) is 12.4 Å². The quantitative estimate of drug-likeness (QED) is 0.654. The Morgan fingerprint density at radius 3 is 3.08 bits per heavy atom. The number of rotatable bonds is 4. The SMILES string of the molecule is CCn1ccnc1C[C@@H](N)CO. The lowest BCUT2D eigenvalue weighted by Crippen LogP contribution is -2.28. The Hall–Kier alpha value is -0.870. The maximum atomic E-state index is 8.74. The summed E-state index contributed by atoms with van der Waals surface area (Å²) in [5.74, 6) is 0.944. The topological polar surface area (TPSA) is 64.1 Å². The van der Waals surface area contributed by atoms with E-state index in [0.717, 1.165) is 12.4 Å². The van der Waals surface area contributed by atoms with Crippen molar-refractivity contribution in [1.82, 2.24) is 9.55 Å². The molecule has 0 amide bonds. The Bertz CT molecular complexity index is 234. The smallest absolute Gasteiger partial charge is 0.110 e. The minimum atomic E-state index is -0.197. The molecule has 4 nitrogen and oxygen atoms in total. The molecule has 1 atom stereocenters. The molecule has 68 valence electrons. The molecule has 0 spiro atoms. The third kappa shape index (κ3) is 2.06. The summed E-state index contributed by atoms with van der Waals surface area (Å²) in [7, 11) is 0. The number of aromatic nitrogens is 2. The Kier molecular flexibility index (Phi) is 3.25. The molecule has 1 aromatic heterocycles. The molecule has 0 radical (unpaired) electrons. The van der Waals surface area contributed by atoms with Crippen molar-refractivity contribution in [3.05, 3.63) is 18.2 Å². The lowest BCUT2D eigenvalue weighted by molar-refractivity contribution is 0.263. The summed E-state index contributed by atoms with van der Waals surface area (Å²) in [4.78, 5) is 4.15. The zero-order chi connectivity index (χ0) is 8.97. The van der Waals surface area contributed by atoms with Crippen LogP contribution in [0.4, 0.5) is 0 Å². The summed E-state index contributed by atoms with van der Waals surface area (Å²) in [5.41, 5.74) is 5.58. The molecular formula is C8H15N3O. The van der Waals surface area contributed by atoms with Crippen molar-refractivity contribution in [3.63, 3.8) is 0 Å². The van der Waals surface area contributed by atoms with E-state index in [0.29, 0.717) is 6.42 Å². The highest BCUT2D eigenvalue weighted by Crippen LogP contribution is 1.99. The summed E-state index contributed by atoms with van der Waals surface area (Å²) in [6.45, 7) is 2.96. The molecule has 0 aliphatic carbocycles. The van der Waals surface area contributed by atoms with E-state index in [2.05, 4.69) is 11.9 Å². The molecular weight excluding hydrogens is 154 g/mol. The molecule has 1 heterocycles. The van der Waals surface area contributed by atoms with E-state index < -0.39 is 0 Å². The maximum absolute atomic E-state index is 8.74. The van der Waals surface area contributed by atoms with Crippen LogP contribution in [0.3, 0.4) is 0 Å². The minimum Gasteiger partial charge on any atom is -0.395 e. The zero-order valence-electron chi connectivity index (χ0n) is 7.27. The Morgan fingerprint density at radius 1 is 1.75 bits per heavy atom. The van der Waals surface area contributed by atoms with Crippen LogP contribution in [0.1, 0.15) is 12.7 Å². The van der Waals surface area contributed by atoms with Gasteiger partial charge in [-0.15, -0.1) is 0 Å². The van der Waals surface area contributed by atoms with Gasteiger partial charge in [0.15, 0.2) is 0 Å². The number of imidazole rings is 1. The molecule has 3 N–H and O–H groups in total. The van der Waals surface area contributed by atoms with E-state index in [1.54, 1.807) is 6.20 Å². The molecule has 0 fully saturated rings. The van der Waals surface area contributed by atoms with Crippen LogP contribution in [0.25, 0.3) is 0 Å². The predicted octanol–water partition coefficient (Wildman–Crippen LogP) is -0.235. The number of nitrogens with two attached hydrogens (primary N) is 1. The number of aliphatic hydroxyl groups is 1. The first-order valence-corrected chi connectivity index (χ1v) is 4.14. The van der Waals surface area contributed by atoms with Gasteiger partial charge >= 0.3 is 0 Å². The lowest BCUT2D eigenvalue weighted by atomic mass is 10.2. The second kappa shape index (κ2) is 4.23. The van der Waals surface area contributed by atoms with Gasteiger partial charge in [-0.3, -0.25) is 0 Å². The van der Waals surface area contributed by atoms with Crippen LogP contribution in [0.5, 0.6) is 0 Å². The van der Waals surface area contributed by atoms with Gasteiger partial charge < -0.3 is 15.4 Å². The standard InChI is InChI=1S/C8H15N3O/c1-2-11-4-3-10-8(11)5-7(9)6-12/h3-4,7,12H,2,5-6,9H2,1H3/t7-/m1/s1. The highest BCUT2D eigenvalue weighted by molar-refractivity contribution is 4.94. The summed E-state index contributed by atoms with van der Waals surface area (Å²) in [5, 5.41) is 8.74. The third-order valence-electron chi connectivity index (χ3n) is 1.82. The number of hydrogen-bond donors (Lipinski definition) is 2. The molecule has 1 rings (SSSR count). The first-order valence-electron chi connectivity index (χ1n) is 4.14. The fourth-order valence-corrected chi connectivity index (χ4v) is 1.12. The number of aliphatic hydroxyl groups excluding tert-OH is 1. The summed E-state index contributed by atoms with van der Waals surface area (Å²) in [6.07, 6.45) is 4.31. The maximum Gasteiger partial charge on any atom is 0.110 e. The van der Waals surface area contributed by atoms with E-state index in [4.69, 9.17) is 10.8 Å². The van der Waals surface area contributed by atoms with Gasteiger partial charge in [-0.25, -0.2) is 4.98 Å². The van der Waals surface area contributed by atoms with Crippen LogP contribution in [0, 0.1) is 0 Å². The highest BCUT2D eigenvalue weighted by atomic mass is 16.3. The second-order valence-corrected chi connectivity index (χ2v) is 2.78. The third-order valence-corrected chi connectivity index (χ3v) is 1.82. The molecule has 12 heavy (non-hydrogen) atoms. The van der Waals surface area contributed by atoms with Crippen LogP contribution in [-0.2, 0) is 13.0 Å². The van der Waals surface area contributed by atoms with E-state index >= 15 is 0 Å². The van der Waals surface area contributed by atoms with E-state index in [9.17, 15) is 0 Å². The second-order valence-electron chi connectivity index (χ2n) is 2.78. The van der Waals surface area contributed by atoms with Crippen molar-refractivity contribution >= 4 is 0 Å². The minimum absolute atomic E-state index is 0.0105. The van der Waals surface area contributed by atoms with E-state index in [-0.39, 0.29) is 12.6 Å². The van der Waals surface area contributed by atoms with Crippen LogP contribution in [-0.4, -0.2) is 27.3 Å². The van der Waals surface area contributed by atoms with Crippen molar-refractivity contribution in [2.45, 2.75) is 25.9 Å². The van der Waals surface area contributed by atoms with Crippen molar-refractivity contribution in [2.75, 3.05) is 6.61 Å². The van der Waals surface area contributed by atoms with Crippen molar-refractivity contribution < 1.29 is 5.11 Å². The highest BCUT2D eigenvalue weighted by Gasteiger charge is 2.06. The average Bonchev–Trinajstić information content (AvgIpc) is 2.51. The molecule has 0 unspecified atom stereocenters. The summed E-state index contributed by atoms with van der Waals surface area (Å²) >= 11 is 0. The number of nitrogens with zero attached hydrogens (tertiary/aromatic N) is 2. The fourth-order valence-electron chi connectivity index (χ4n) is 1.12. The Morgan fingerprint density at radius 2 is 2.50 bits per heavy atom. The lowest BCUT2D eigenvalue weighted by Gasteiger charge is -2.08. The molecule has 0 saturated carbocycles. The van der Waals surface area contributed by atoms with Gasteiger partial charge in [-0.1, -0.05) is 0 Å². The first-order chi connectivity index (χ1) is 5.77. The largest absolute Gasteiger partial charge is 0.395 e. The number of hydrogen-bond acceptors (Lipinski definition) is 3. The van der Waals surface area contributed by atoms with E-state index in [1.165, 1.54) is 0 Å². The van der Waals surface area contributed by atoms with E-state index in [1.807, 2.05) is 10.8 Å². The van der Waals surface area contributed by atoms with Gasteiger partial charge in [-0.05, 0) is 6.92 Å². The van der Waals surface area contributed by atoms with Gasteiger partial charge in [0.1, 0.15) is 5.82 Å². The molecule has 0 saturated heterocycles. The van der Waals surface area contributed by atoms with Crippen LogP contribution in [0.2, 0.25) is 0 Å². The van der Waals surface area contributed by atoms with Gasteiger partial charge in [0.2, 0.25) is 0 Å². The molecule has 0 aromatic carbocycles. The van der Waals surface area contributed by atoms with Crippen molar-refractivity contribution in [2.24, 2.45) is 5.73 Å².